The molecule has 1 aromatic carbocycles. The van der Waals surface area contributed by atoms with Crippen molar-refractivity contribution in [3.8, 4) is 6.07 Å². The number of likely N-dealkylation sites (tertiary alicyclic amines) is 1. The Labute approximate surface area is 141 Å². The SMILES string of the molecule is CC(C)(C)OC(=O)N1CCC(CC#N)(c2ccc(F)c(F)c2)CC1. The highest BCUT2D eigenvalue weighted by molar-refractivity contribution is 5.68. The summed E-state index contributed by atoms with van der Waals surface area (Å²) in [4.78, 5) is 13.7. The van der Waals surface area contributed by atoms with Crippen molar-refractivity contribution in [3.05, 3.63) is 35.4 Å². The highest BCUT2D eigenvalue weighted by Crippen LogP contribution is 2.39. The number of benzene rings is 1. The number of carbonyl (C=O) groups is 1. The van der Waals surface area contributed by atoms with Crippen molar-refractivity contribution < 1.29 is 18.3 Å². The summed E-state index contributed by atoms with van der Waals surface area (Å²) in [5.41, 5.74) is -0.535. The van der Waals surface area contributed by atoms with E-state index in [1.165, 1.54) is 6.07 Å². The van der Waals surface area contributed by atoms with Crippen molar-refractivity contribution in [3.63, 3.8) is 0 Å². The fourth-order valence-corrected chi connectivity index (χ4v) is 2.99. The maximum atomic E-state index is 13.6. The van der Waals surface area contributed by atoms with E-state index in [4.69, 9.17) is 4.74 Å². The van der Waals surface area contributed by atoms with Crippen LogP contribution in [0.15, 0.2) is 18.2 Å². The monoisotopic (exact) mass is 336 g/mol. The maximum Gasteiger partial charge on any atom is 0.410 e. The van der Waals surface area contributed by atoms with Gasteiger partial charge in [0.25, 0.3) is 0 Å². The third-order valence-electron chi connectivity index (χ3n) is 4.32. The molecule has 1 amide bonds. The van der Waals surface area contributed by atoms with Gasteiger partial charge in [0.1, 0.15) is 5.60 Å². The molecule has 1 aliphatic heterocycles. The molecule has 0 radical (unpaired) electrons. The summed E-state index contributed by atoms with van der Waals surface area (Å²) in [6.45, 7) is 6.23. The van der Waals surface area contributed by atoms with Crippen LogP contribution >= 0.6 is 0 Å². The van der Waals surface area contributed by atoms with Gasteiger partial charge >= 0.3 is 6.09 Å². The summed E-state index contributed by atoms with van der Waals surface area (Å²) in [5.74, 6) is -1.82. The van der Waals surface area contributed by atoms with Gasteiger partial charge in [0.05, 0.1) is 6.07 Å². The molecule has 0 atom stereocenters. The van der Waals surface area contributed by atoms with Crippen LogP contribution < -0.4 is 0 Å². The van der Waals surface area contributed by atoms with E-state index in [9.17, 15) is 18.8 Å². The van der Waals surface area contributed by atoms with Crippen LogP contribution in [0.4, 0.5) is 13.6 Å². The van der Waals surface area contributed by atoms with Crippen LogP contribution in [0.3, 0.4) is 0 Å². The Morgan fingerprint density at radius 1 is 1.29 bits per heavy atom. The smallest absolute Gasteiger partial charge is 0.410 e. The zero-order valence-electron chi connectivity index (χ0n) is 14.2. The van der Waals surface area contributed by atoms with E-state index in [-0.39, 0.29) is 6.42 Å². The van der Waals surface area contributed by atoms with E-state index in [0.29, 0.717) is 31.5 Å². The second kappa shape index (κ2) is 6.76. The van der Waals surface area contributed by atoms with Gasteiger partial charge in [0.15, 0.2) is 11.6 Å². The Morgan fingerprint density at radius 2 is 1.92 bits per heavy atom. The van der Waals surface area contributed by atoms with Crippen molar-refractivity contribution >= 4 is 6.09 Å². The number of halogens is 2. The number of ether oxygens (including phenoxy) is 1. The molecular formula is C18H22F2N2O2. The predicted molar refractivity (Wildman–Crippen MR) is 85.3 cm³/mol. The first kappa shape index (κ1) is 18.2. The molecule has 1 aromatic rings. The molecule has 0 bridgehead atoms. The second-order valence-corrected chi connectivity index (χ2v) is 7.21. The van der Waals surface area contributed by atoms with Crippen LogP contribution in [-0.2, 0) is 10.2 Å². The minimum absolute atomic E-state index is 0.195. The van der Waals surface area contributed by atoms with Crippen molar-refractivity contribution in [1.82, 2.24) is 4.90 Å². The zero-order valence-corrected chi connectivity index (χ0v) is 14.2. The van der Waals surface area contributed by atoms with Crippen LogP contribution in [0.2, 0.25) is 0 Å². The van der Waals surface area contributed by atoms with Crippen molar-refractivity contribution in [2.75, 3.05) is 13.1 Å². The van der Waals surface area contributed by atoms with Crippen LogP contribution in [0, 0.1) is 23.0 Å². The third kappa shape index (κ3) is 4.02. The first-order valence-corrected chi connectivity index (χ1v) is 7.97. The number of hydrogen-bond acceptors (Lipinski definition) is 3. The lowest BCUT2D eigenvalue weighted by molar-refractivity contribution is 0.0165. The second-order valence-electron chi connectivity index (χ2n) is 7.21. The van der Waals surface area contributed by atoms with Crippen LogP contribution in [-0.4, -0.2) is 29.7 Å². The van der Waals surface area contributed by atoms with Gasteiger partial charge < -0.3 is 9.64 Å². The number of carbonyl (C=O) groups excluding carboxylic acids is 1. The minimum Gasteiger partial charge on any atom is -0.444 e. The molecule has 4 nitrogen and oxygen atoms in total. The standard InChI is InChI=1S/C18H22F2N2O2/c1-17(2,3)24-16(23)22-10-7-18(6-9-21,8-11-22)13-4-5-14(19)15(20)12-13/h4-5,12H,6-8,10-11H2,1-3H3. The first-order chi connectivity index (χ1) is 11.2. The van der Waals surface area contributed by atoms with Gasteiger partial charge in [-0.25, -0.2) is 13.6 Å². The first-order valence-electron chi connectivity index (χ1n) is 7.97. The largest absolute Gasteiger partial charge is 0.444 e. The molecule has 130 valence electrons. The van der Waals surface area contributed by atoms with E-state index in [1.807, 2.05) is 0 Å². The van der Waals surface area contributed by atoms with Gasteiger partial charge in [-0.15, -0.1) is 0 Å². The lowest BCUT2D eigenvalue weighted by atomic mass is 9.71. The Bertz CT molecular complexity index is 654. The predicted octanol–water partition coefficient (Wildman–Crippen LogP) is 4.15. The Morgan fingerprint density at radius 3 is 2.42 bits per heavy atom. The van der Waals surface area contributed by atoms with Crippen molar-refractivity contribution in [1.29, 1.82) is 5.26 Å². The third-order valence-corrected chi connectivity index (χ3v) is 4.32. The Balaban J connectivity index is 2.16. The average molecular weight is 336 g/mol. The molecule has 0 spiro atoms. The number of nitrogens with zero attached hydrogens (tertiary/aromatic N) is 2. The lowest BCUT2D eigenvalue weighted by Crippen LogP contribution is -2.46. The number of piperidine rings is 1. The molecule has 0 unspecified atom stereocenters. The highest BCUT2D eigenvalue weighted by Gasteiger charge is 2.38. The molecule has 0 aromatic heterocycles. The molecule has 1 aliphatic rings. The van der Waals surface area contributed by atoms with Gasteiger partial charge in [0.2, 0.25) is 0 Å². The molecule has 1 saturated heterocycles. The summed E-state index contributed by atoms with van der Waals surface area (Å²) in [5, 5.41) is 9.17. The zero-order chi connectivity index (χ0) is 18.0. The average Bonchev–Trinajstić information content (AvgIpc) is 2.49. The van der Waals surface area contributed by atoms with Gasteiger partial charge in [-0.05, 0) is 51.3 Å². The van der Waals surface area contributed by atoms with Crippen molar-refractivity contribution in [2.45, 2.75) is 51.0 Å². The fraction of sp³-hybridized carbons (Fsp3) is 0.556. The number of amides is 1. The van der Waals surface area contributed by atoms with Gasteiger partial charge in [-0.3, -0.25) is 0 Å². The molecule has 24 heavy (non-hydrogen) atoms. The fourth-order valence-electron chi connectivity index (χ4n) is 2.99. The van der Waals surface area contributed by atoms with Crippen LogP contribution in [0.5, 0.6) is 0 Å². The molecule has 1 heterocycles. The summed E-state index contributed by atoms with van der Waals surface area (Å²) in [7, 11) is 0. The molecule has 0 aliphatic carbocycles. The summed E-state index contributed by atoms with van der Waals surface area (Å²) in [6.07, 6.45) is 0.814. The van der Waals surface area contributed by atoms with Gasteiger partial charge in [-0.2, -0.15) is 5.26 Å². The lowest BCUT2D eigenvalue weighted by Gasteiger charge is -2.41. The molecule has 1 fully saturated rings. The Hall–Kier alpha value is -2.16. The van der Waals surface area contributed by atoms with Gasteiger partial charge in [-0.1, -0.05) is 6.07 Å². The summed E-state index contributed by atoms with van der Waals surface area (Å²) < 4.78 is 32.1. The quantitative estimate of drug-likeness (QED) is 0.815. The Kier molecular flexibility index (Phi) is 5.12. The van der Waals surface area contributed by atoms with E-state index < -0.39 is 28.7 Å². The number of rotatable bonds is 2. The summed E-state index contributed by atoms with van der Waals surface area (Å²) in [6, 6.07) is 5.92. The van der Waals surface area contributed by atoms with Gasteiger partial charge in [0, 0.05) is 24.9 Å². The molecule has 0 saturated carbocycles. The van der Waals surface area contributed by atoms with E-state index in [1.54, 1.807) is 25.7 Å². The molecule has 2 rings (SSSR count). The normalized spacial score (nSPS) is 17.2. The highest BCUT2D eigenvalue weighted by atomic mass is 19.2. The van der Waals surface area contributed by atoms with Crippen LogP contribution in [0.1, 0.15) is 45.6 Å². The van der Waals surface area contributed by atoms with Crippen LogP contribution in [0.25, 0.3) is 0 Å². The van der Waals surface area contributed by atoms with E-state index in [2.05, 4.69) is 6.07 Å². The van der Waals surface area contributed by atoms with E-state index in [0.717, 1.165) is 12.1 Å². The maximum absolute atomic E-state index is 13.6. The number of hydrogen-bond donors (Lipinski definition) is 0. The summed E-state index contributed by atoms with van der Waals surface area (Å²) >= 11 is 0. The molecule has 6 heteroatoms. The van der Waals surface area contributed by atoms with Crippen molar-refractivity contribution in [2.24, 2.45) is 0 Å². The van der Waals surface area contributed by atoms with E-state index >= 15 is 0 Å². The molecule has 0 N–H and O–H groups in total. The minimum atomic E-state index is -0.917. The molecular weight excluding hydrogens is 314 g/mol. The number of nitriles is 1. The topological polar surface area (TPSA) is 53.3 Å².